The van der Waals surface area contributed by atoms with E-state index in [4.69, 9.17) is 0 Å². The largest absolute Gasteiger partial charge is 0.309 e. The fraction of sp³-hybridized carbons (Fsp3) is 0.500. The number of fused-ring (bicyclic) bond motifs is 1. The number of thioether (sulfide) groups is 1. The van der Waals surface area contributed by atoms with Crippen molar-refractivity contribution in [3.63, 3.8) is 0 Å². The van der Waals surface area contributed by atoms with Gasteiger partial charge in [0.05, 0.1) is 5.52 Å². The minimum absolute atomic E-state index is 0.311. The summed E-state index contributed by atoms with van der Waals surface area (Å²) in [5.41, 5.74) is 2.49. The Hall–Kier alpha value is -1.06. The highest BCUT2D eigenvalue weighted by Gasteiger charge is 2.38. The smallest absolute Gasteiger partial charge is 0.0702 e. The molecule has 1 N–H and O–H groups in total. The van der Waals surface area contributed by atoms with Crippen molar-refractivity contribution in [2.75, 3.05) is 12.3 Å². The monoisotopic (exact) mass is 300 g/mol. The van der Waals surface area contributed by atoms with Gasteiger partial charge in [-0.25, -0.2) is 0 Å². The summed E-state index contributed by atoms with van der Waals surface area (Å²) in [7, 11) is 0. The van der Waals surface area contributed by atoms with Crippen LogP contribution in [0.2, 0.25) is 0 Å². The Balaban J connectivity index is 1.96. The molecule has 2 aromatic rings. The Morgan fingerprint density at radius 3 is 3.05 bits per heavy atom. The molecule has 0 spiro atoms. The molecule has 2 unspecified atom stereocenters. The second kappa shape index (κ2) is 6.37. The van der Waals surface area contributed by atoms with E-state index in [2.05, 4.69) is 60.2 Å². The van der Waals surface area contributed by atoms with Crippen LogP contribution in [0, 0.1) is 0 Å². The molecule has 3 rings (SSSR count). The highest BCUT2D eigenvalue weighted by atomic mass is 32.2. The van der Waals surface area contributed by atoms with Crippen molar-refractivity contribution in [2.24, 2.45) is 0 Å². The Bertz CT molecular complexity index is 605. The van der Waals surface area contributed by atoms with Crippen LogP contribution in [0.4, 0.5) is 0 Å². The molecule has 1 aromatic carbocycles. The summed E-state index contributed by atoms with van der Waals surface area (Å²) < 4.78 is 0.311. The molecule has 1 aliphatic heterocycles. The molecule has 0 bridgehead atoms. The second-order valence-electron chi connectivity index (χ2n) is 6.11. The Kier molecular flexibility index (Phi) is 4.51. The number of rotatable bonds is 5. The number of nitrogens with zero attached hydrogens (tertiary/aromatic N) is 1. The van der Waals surface area contributed by atoms with Gasteiger partial charge in [0, 0.05) is 22.4 Å². The summed E-state index contributed by atoms with van der Waals surface area (Å²) in [5.74, 6) is 1.29. The van der Waals surface area contributed by atoms with E-state index in [1.54, 1.807) is 0 Å². The number of aromatic nitrogens is 1. The van der Waals surface area contributed by atoms with Crippen LogP contribution in [0.1, 0.15) is 44.7 Å². The van der Waals surface area contributed by atoms with Crippen molar-refractivity contribution < 1.29 is 0 Å². The molecule has 2 atom stereocenters. The maximum atomic E-state index is 4.43. The third-order valence-electron chi connectivity index (χ3n) is 4.42. The van der Waals surface area contributed by atoms with Gasteiger partial charge in [-0.05, 0) is 62.2 Å². The van der Waals surface area contributed by atoms with Gasteiger partial charge in [-0.3, -0.25) is 4.98 Å². The van der Waals surface area contributed by atoms with Crippen LogP contribution in [0.3, 0.4) is 0 Å². The van der Waals surface area contributed by atoms with E-state index in [1.165, 1.54) is 36.0 Å². The minimum atomic E-state index is 0.311. The van der Waals surface area contributed by atoms with E-state index >= 15 is 0 Å². The number of benzene rings is 1. The van der Waals surface area contributed by atoms with E-state index in [9.17, 15) is 0 Å². The van der Waals surface area contributed by atoms with E-state index in [1.807, 2.05) is 12.3 Å². The molecule has 2 nitrogen and oxygen atoms in total. The molecule has 3 heteroatoms. The molecule has 1 saturated heterocycles. The maximum Gasteiger partial charge on any atom is 0.0702 e. The highest BCUT2D eigenvalue weighted by molar-refractivity contribution is 8.00. The first-order valence-electron chi connectivity index (χ1n) is 7.95. The average Bonchev–Trinajstić information content (AvgIpc) is 2.95. The van der Waals surface area contributed by atoms with Crippen molar-refractivity contribution in [1.29, 1.82) is 0 Å². The predicted molar refractivity (Wildman–Crippen MR) is 92.9 cm³/mol. The van der Waals surface area contributed by atoms with E-state index in [0.717, 1.165) is 12.1 Å². The summed E-state index contributed by atoms with van der Waals surface area (Å²) in [5, 5.41) is 5.03. The van der Waals surface area contributed by atoms with Crippen LogP contribution in [0.5, 0.6) is 0 Å². The van der Waals surface area contributed by atoms with Crippen molar-refractivity contribution in [1.82, 2.24) is 10.3 Å². The number of nitrogens with one attached hydrogen (secondary N) is 1. The number of pyridine rings is 1. The summed E-state index contributed by atoms with van der Waals surface area (Å²) in [6.45, 7) is 5.73. The summed E-state index contributed by atoms with van der Waals surface area (Å²) in [6.07, 6.45) is 5.67. The van der Waals surface area contributed by atoms with Gasteiger partial charge >= 0.3 is 0 Å². The zero-order chi connectivity index (χ0) is 14.7. The molecule has 2 heterocycles. The van der Waals surface area contributed by atoms with E-state index in [0.29, 0.717) is 10.8 Å². The molecule has 0 amide bonds. The standard InChI is InChI=1S/C18H24N2S/c1-3-10-20-17(18(2)9-5-12-21-18)15-7-8-16-14(13-15)6-4-11-19-16/h4,6-8,11,13,17,20H,3,5,9-10,12H2,1-2H3. The summed E-state index contributed by atoms with van der Waals surface area (Å²) in [4.78, 5) is 4.43. The van der Waals surface area contributed by atoms with Gasteiger partial charge in [0.15, 0.2) is 0 Å². The predicted octanol–water partition coefficient (Wildman–Crippen LogP) is 4.56. The third-order valence-corrected chi connectivity index (χ3v) is 6.01. The normalized spacial score (nSPS) is 23.5. The Labute approximate surface area is 131 Å². The minimum Gasteiger partial charge on any atom is -0.309 e. The van der Waals surface area contributed by atoms with E-state index in [-0.39, 0.29) is 0 Å². The van der Waals surface area contributed by atoms with Gasteiger partial charge in [-0.1, -0.05) is 19.1 Å². The van der Waals surface area contributed by atoms with Crippen LogP contribution in [-0.2, 0) is 0 Å². The van der Waals surface area contributed by atoms with Crippen molar-refractivity contribution in [3.05, 3.63) is 42.1 Å². The lowest BCUT2D eigenvalue weighted by Crippen LogP contribution is -2.38. The fourth-order valence-corrected chi connectivity index (χ4v) is 4.71. The topological polar surface area (TPSA) is 24.9 Å². The van der Waals surface area contributed by atoms with Gasteiger partial charge in [0.2, 0.25) is 0 Å². The van der Waals surface area contributed by atoms with Crippen LogP contribution in [0.25, 0.3) is 10.9 Å². The lowest BCUT2D eigenvalue weighted by molar-refractivity contribution is 0.413. The molecular weight excluding hydrogens is 276 g/mol. The first kappa shape index (κ1) is 14.9. The zero-order valence-corrected chi connectivity index (χ0v) is 13.7. The lowest BCUT2D eigenvalue weighted by atomic mass is 9.89. The summed E-state index contributed by atoms with van der Waals surface area (Å²) in [6, 6.07) is 11.3. The third kappa shape index (κ3) is 3.09. The highest BCUT2D eigenvalue weighted by Crippen LogP contribution is 2.46. The van der Waals surface area contributed by atoms with Gasteiger partial charge in [-0.2, -0.15) is 11.8 Å². The van der Waals surface area contributed by atoms with Crippen LogP contribution in [0.15, 0.2) is 36.5 Å². The van der Waals surface area contributed by atoms with Crippen LogP contribution in [-0.4, -0.2) is 22.0 Å². The molecule has 1 fully saturated rings. The first-order chi connectivity index (χ1) is 10.2. The van der Waals surface area contributed by atoms with Gasteiger partial charge in [0.1, 0.15) is 0 Å². The van der Waals surface area contributed by atoms with Gasteiger partial charge in [-0.15, -0.1) is 0 Å². The number of hydrogen-bond donors (Lipinski definition) is 1. The number of hydrogen-bond acceptors (Lipinski definition) is 3. The molecule has 0 radical (unpaired) electrons. The molecule has 0 saturated carbocycles. The quantitative estimate of drug-likeness (QED) is 0.876. The molecule has 1 aromatic heterocycles. The molecule has 21 heavy (non-hydrogen) atoms. The summed E-state index contributed by atoms with van der Waals surface area (Å²) >= 11 is 2.13. The van der Waals surface area contributed by atoms with Crippen molar-refractivity contribution in [2.45, 2.75) is 43.9 Å². The molecular formula is C18H24N2S. The SMILES string of the molecule is CCCNC(c1ccc2ncccc2c1)C1(C)CCCS1. The van der Waals surface area contributed by atoms with Crippen molar-refractivity contribution in [3.8, 4) is 0 Å². The van der Waals surface area contributed by atoms with E-state index < -0.39 is 0 Å². The molecule has 0 aliphatic carbocycles. The van der Waals surface area contributed by atoms with Gasteiger partial charge in [0.25, 0.3) is 0 Å². The fourth-order valence-electron chi connectivity index (χ4n) is 3.28. The Morgan fingerprint density at radius 2 is 2.29 bits per heavy atom. The molecule has 1 aliphatic rings. The Morgan fingerprint density at radius 1 is 1.38 bits per heavy atom. The van der Waals surface area contributed by atoms with Crippen LogP contribution < -0.4 is 5.32 Å². The second-order valence-corrected chi connectivity index (χ2v) is 7.74. The zero-order valence-electron chi connectivity index (χ0n) is 12.9. The van der Waals surface area contributed by atoms with Crippen molar-refractivity contribution >= 4 is 22.7 Å². The lowest BCUT2D eigenvalue weighted by Gasteiger charge is -2.34. The maximum absolute atomic E-state index is 4.43. The van der Waals surface area contributed by atoms with Crippen LogP contribution >= 0.6 is 11.8 Å². The van der Waals surface area contributed by atoms with Gasteiger partial charge < -0.3 is 5.32 Å². The molecule has 112 valence electrons. The first-order valence-corrected chi connectivity index (χ1v) is 8.93. The average molecular weight is 300 g/mol.